The van der Waals surface area contributed by atoms with E-state index in [1.807, 2.05) is 24.3 Å². The van der Waals surface area contributed by atoms with Crippen molar-refractivity contribution < 1.29 is 14.3 Å². The lowest BCUT2D eigenvalue weighted by molar-refractivity contribution is 0.0376. The quantitative estimate of drug-likeness (QED) is 0.780. The number of aryl methyl sites for hydroxylation is 1. The summed E-state index contributed by atoms with van der Waals surface area (Å²) < 4.78 is 5.30. The molecule has 0 spiro atoms. The number of anilines is 2. The van der Waals surface area contributed by atoms with Crippen LogP contribution in [0.3, 0.4) is 0 Å². The number of H-pyrrole nitrogens is 1. The van der Waals surface area contributed by atoms with Crippen LogP contribution in [0.4, 0.5) is 11.4 Å². The van der Waals surface area contributed by atoms with E-state index in [0.29, 0.717) is 22.5 Å². The fourth-order valence-electron chi connectivity index (χ4n) is 3.55. The van der Waals surface area contributed by atoms with Gasteiger partial charge in [-0.25, -0.2) is 4.79 Å². The monoisotopic (exact) mass is 369 g/mol. The molecule has 1 amide bonds. The Morgan fingerprint density at radius 2 is 1.81 bits per heavy atom. The van der Waals surface area contributed by atoms with Gasteiger partial charge in [-0.1, -0.05) is 12.1 Å². The average molecular weight is 369 g/mol. The zero-order valence-electron chi connectivity index (χ0n) is 16.4. The van der Waals surface area contributed by atoms with Gasteiger partial charge in [0.2, 0.25) is 0 Å². The van der Waals surface area contributed by atoms with E-state index in [4.69, 9.17) is 4.74 Å². The second-order valence-corrected chi connectivity index (χ2v) is 7.24. The van der Waals surface area contributed by atoms with Crippen LogP contribution in [-0.4, -0.2) is 36.1 Å². The number of carbonyl (C=O) groups excluding carboxylic acids is 2. The van der Waals surface area contributed by atoms with Crippen LogP contribution in [0.2, 0.25) is 0 Å². The maximum Gasteiger partial charge on any atom is 0.340 e. The number of carbonyl (C=O) groups is 2. The Kier molecular flexibility index (Phi) is 5.54. The molecular formula is C21H27N3O3. The van der Waals surface area contributed by atoms with Crippen molar-refractivity contribution in [3.63, 3.8) is 0 Å². The van der Waals surface area contributed by atoms with Crippen molar-refractivity contribution in [3.05, 3.63) is 46.8 Å². The number of ether oxygens (including phenoxy) is 1. The SMILES string of the molecule is Cc1[nH]c(C(=O)Nc2ccccc2N2CCCC2)c(C)c1C(=O)OC(C)C. The number of esters is 1. The van der Waals surface area contributed by atoms with Crippen LogP contribution in [0.5, 0.6) is 0 Å². The molecule has 2 aromatic rings. The molecule has 2 heterocycles. The van der Waals surface area contributed by atoms with Gasteiger partial charge in [0.15, 0.2) is 0 Å². The van der Waals surface area contributed by atoms with Crippen LogP contribution >= 0.6 is 0 Å². The van der Waals surface area contributed by atoms with Gasteiger partial charge in [0.1, 0.15) is 5.69 Å². The fraction of sp³-hybridized carbons (Fsp3) is 0.429. The lowest BCUT2D eigenvalue weighted by Gasteiger charge is -2.21. The third-order valence-electron chi connectivity index (χ3n) is 4.81. The minimum Gasteiger partial charge on any atom is -0.459 e. The van der Waals surface area contributed by atoms with Crippen molar-refractivity contribution in [2.75, 3.05) is 23.3 Å². The number of aromatic amines is 1. The van der Waals surface area contributed by atoms with E-state index in [9.17, 15) is 9.59 Å². The maximum absolute atomic E-state index is 12.9. The highest BCUT2D eigenvalue weighted by atomic mass is 16.5. The Labute approximate surface area is 159 Å². The molecule has 6 heteroatoms. The van der Waals surface area contributed by atoms with Gasteiger partial charge in [0.25, 0.3) is 5.91 Å². The summed E-state index contributed by atoms with van der Waals surface area (Å²) in [4.78, 5) is 30.6. The molecule has 1 saturated heterocycles. The standard InChI is InChI=1S/C21H27N3O3/c1-13(2)27-21(26)18-14(3)19(22-15(18)4)20(25)23-16-9-5-6-10-17(16)24-11-7-8-12-24/h5-6,9-10,13,22H,7-8,11-12H2,1-4H3,(H,23,25). The van der Waals surface area contributed by atoms with Gasteiger partial charge < -0.3 is 19.9 Å². The highest BCUT2D eigenvalue weighted by Gasteiger charge is 2.24. The van der Waals surface area contributed by atoms with E-state index in [0.717, 1.165) is 24.5 Å². The lowest BCUT2D eigenvalue weighted by atomic mass is 10.1. The molecule has 1 aromatic heterocycles. The fourth-order valence-corrected chi connectivity index (χ4v) is 3.55. The van der Waals surface area contributed by atoms with Gasteiger partial charge in [-0.15, -0.1) is 0 Å². The molecule has 1 aliphatic rings. The third kappa shape index (κ3) is 3.99. The number of hydrogen-bond acceptors (Lipinski definition) is 4. The first-order valence-electron chi connectivity index (χ1n) is 9.44. The molecule has 0 saturated carbocycles. The number of amides is 1. The van der Waals surface area contributed by atoms with Crippen molar-refractivity contribution >= 4 is 23.3 Å². The Morgan fingerprint density at radius 3 is 2.48 bits per heavy atom. The van der Waals surface area contributed by atoms with Gasteiger partial charge in [-0.3, -0.25) is 4.79 Å². The van der Waals surface area contributed by atoms with Crippen molar-refractivity contribution in [1.82, 2.24) is 4.98 Å². The van der Waals surface area contributed by atoms with Crippen molar-refractivity contribution in [2.24, 2.45) is 0 Å². The van der Waals surface area contributed by atoms with E-state index in [2.05, 4.69) is 15.2 Å². The first kappa shape index (κ1) is 19.0. The average Bonchev–Trinajstić information content (AvgIpc) is 3.23. The second kappa shape index (κ2) is 7.86. The molecular weight excluding hydrogens is 342 g/mol. The predicted octanol–water partition coefficient (Wildman–Crippen LogP) is 4.05. The topological polar surface area (TPSA) is 74.4 Å². The van der Waals surface area contributed by atoms with E-state index in [1.165, 1.54) is 12.8 Å². The molecule has 0 unspecified atom stereocenters. The zero-order valence-corrected chi connectivity index (χ0v) is 16.4. The summed E-state index contributed by atoms with van der Waals surface area (Å²) in [5, 5.41) is 3.00. The molecule has 3 rings (SSSR count). The van der Waals surface area contributed by atoms with Crippen molar-refractivity contribution in [2.45, 2.75) is 46.6 Å². The van der Waals surface area contributed by atoms with Crippen LogP contribution in [0.25, 0.3) is 0 Å². The van der Waals surface area contributed by atoms with Gasteiger partial charge in [0.05, 0.1) is 23.0 Å². The first-order valence-corrected chi connectivity index (χ1v) is 9.44. The summed E-state index contributed by atoms with van der Waals surface area (Å²) in [6, 6.07) is 7.82. The Bertz CT molecular complexity index is 848. The molecule has 0 aliphatic carbocycles. The summed E-state index contributed by atoms with van der Waals surface area (Å²) in [5.41, 5.74) is 3.87. The maximum atomic E-state index is 12.9. The van der Waals surface area contributed by atoms with Crippen LogP contribution < -0.4 is 10.2 Å². The Morgan fingerprint density at radius 1 is 1.15 bits per heavy atom. The van der Waals surface area contributed by atoms with E-state index in [1.54, 1.807) is 27.7 Å². The van der Waals surface area contributed by atoms with E-state index >= 15 is 0 Å². The molecule has 2 N–H and O–H groups in total. The summed E-state index contributed by atoms with van der Waals surface area (Å²) in [6.45, 7) is 9.15. The molecule has 1 aromatic carbocycles. The lowest BCUT2D eigenvalue weighted by Crippen LogP contribution is -2.21. The van der Waals surface area contributed by atoms with Gasteiger partial charge in [0, 0.05) is 18.8 Å². The molecule has 0 bridgehead atoms. The van der Waals surface area contributed by atoms with Crippen molar-refractivity contribution in [3.8, 4) is 0 Å². The molecule has 144 valence electrons. The minimum absolute atomic E-state index is 0.212. The molecule has 0 radical (unpaired) electrons. The zero-order chi connectivity index (χ0) is 19.6. The normalized spacial score (nSPS) is 13.9. The number of para-hydroxylation sites is 2. The number of rotatable bonds is 5. The molecule has 1 fully saturated rings. The number of nitrogens with one attached hydrogen (secondary N) is 2. The second-order valence-electron chi connectivity index (χ2n) is 7.24. The molecule has 1 aliphatic heterocycles. The van der Waals surface area contributed by atoms with E-state index < -0.39 is 5.97 Å². The predicted molar refractivity (Wildman–Crippen MR) is 107 cm³/mol. The van der Waals surface area contributed by atoms with Crippen LogP contribution in [-0.2, 0) is 4.74 Å². The van der Waals surface area contributed by atoms with Crippen LogP contribution in [0.15, 0.2) is 24.3 Å². The number of benzene rings is 1. The van der Waals surface area contributed by atoms with Crippen LogP contribution in [0.1, 0.15) is 58.8 Å². The van der Waals surface area contributed by atoms with Crippen LogP contribution in [0, 0.1) is 13.8 Å². The highest BCUT2D eigenvalue weighted by molar-refractivity contribution is 6.08. The Balaban J connectivity index is 1.85. The van der Waals surface area contributed by atoms with Gasteiger partial charge in [-0.2, -0.15) is 0 Å². The molecule has 0 atom stereocenters. The third-order valence-corrected chi connectivity index (χ3v) is 4.81. The minimum atomic E-state index is -0.409. The summed E-state index contributed by atoms with van der Waals surface area (Å²) in [5.74, 6) is -0.668. The smallest absolute Gasteiger partial charge is 0.340 e. The first-order chi connectivity index (χ1) is 12.9. The number of hydrogen-bond donors (Lipinski definition) is 2. The summed E-state index contributed by atoms with van der Waals surface area (Å²) in [7, 11) is 0. The highest BCUT2D eigenvalue weighted by Crippen LogP contribution is 2.29. The molecule has 6 nitrogen and oxygen atoms in total. The molecule has 27 heavy (non-hydrogen) atoms. The largest absolute Gasteiger partial charge is 0.459 e. The number of aromatic nitrogens is 1. The van der Waals surface area contributed by atoms with Crippen molar-refractivity contribution in [1.29, 1.82) is 0 Å². The van der Waals surface area contributed by atoms with E-state index in [-0.39, 0.29) is 12.0 Å². The van der Waals surface area contributed by atoms with Gasteiger partial charge in [-0.05, 0) is 58.2 Å². The Hall–Kier alpha value is -2.76. The van der Waals surface area contributed by atoms with Gasteiger partial charge >= 0.3 is 5.97 Å². The summed E-state index contributed by atoms with van der Waals surface area (Å²) >= 11 is 0. The summed E-state index contributed by atoms with van der Waals surface area (Å²) in [6.07, 6.45) is 2.12. The number of nitrogens with zero attached hydrogens (tertiary/aromatic N) is 1.